The number of hydrogen-bond donors (Lipinski definition) is 1. The average Bonchev–Trinajstić information content (AvgIpc) is 2.67. The van der Waals surface area contributed by atoms with E-state index in [4.69, 9.17) is 27.4 Å². The van der Waals surface area contributed by atoms with Crippen molar-refractivity contribution in [2.75, 3.05) is 7.11 Å². The van der Waals surface area contributed by atoms with Crippen LogP contribution in [0.1, 0.15) is 11.3 Å². The third-order valence-corrected chi connectivity index (χ3v) is 2.85. The number of nitrogens with zero attached hydrogens (tertiary/aromatic N) is 2. The van der Waals surface area contributed by atoms with Crippen molar-refractivity contribution in [2.45, 2.75) is 6.92 Å². The zero-order valence-electron chi connectivity index (χ0n) is 11.0. The van der Waals surface area contributed by atoms with Gasteiger partial charge in [0.25, 0.3) is 0 Å². The lowest BCUT2D eigenvalue weighted by Gasteiger charge is -2.11. The third kappa shape index (κ3) is 2.85. The molecule has 0 fully saturated rings. The Morgan fingerprint density at radius 2 is 2.11 bits per heavy atom. The molecule has 1 aromatic carbocycles. The molecule has 0 bridgehead atoms. The van der Waals surface area contributed by atoms with Crippen LogP contribution in [0.4, 0.5) is 0 Å². The fraction of sp³-hybridized carbons (Fsp3) is 0.231. The van der Waals surface area contributed by atoms with Gasteiger partial charge in [0.15, 0.2) is 0 Å². The van der Waals surface area contributed by atoms with E-state index in [1.54, 1.807) is 30.0 Å². The summed E-state index contributed by atoms with van der Waals surface area (Å²) >= 11 is 5.02. The fourth-order valence-electron chi connectivity index (χ4n) is 1.71. The second-order valence-electron chi connectivity index (χ2n) is 4.08. The van der Waals surface area contributed by atoms with Crippen molar-refractivity contribution < 1.29 is 9.47 Å². The van der Waals surface area contributed by atoms with Gasteiger partial charge in [-0.3, -0.25) is 0 Å². The molecule has 0 unspecified atom stereocenters. The number of benzene rings is 1. The lowest BCUT2D eigenvalue weighted by atomic mass is 10.2. The van der Waals surface area contributed by atoms with Gasteiger partial charge in [-0.25, -0.2) is 4.68 Å². The van der Waals surface area contributed by atoms with Gasteiger partial charge in [-0.2, -0.15) is 5.10 Å². The molecule has 0 radical (unpaired) electrons. The number of nitrogens with two attached hydrogens (primary N) is 1. The third-order valence-electron chi connectivity index (χ3n) is 2.63. The van der Waals surface area contributed by atoms with E-state index < -0.39 is 0 Å². The van der Waals surface area contributed by atoms with E-state index in [0.29, 0.717) is 22.9 Å². The molecule has 0 saturated heterocycles. The molecule has 0 aliphatic rings. The van der Waals surface area contributed by atoms with Crippen molar-refractivity contribution in [1.82, 2.24) is 9.78 Å². The monoisotopic (exact) mass is 277 g/mol. The number of aryl methyl sites for hydroxylation is 2. The van der Waals surface area contributed by atoms with Gasteiger partial charge in [0.05, 0.1) is 18.4 Å². The van der Waals surface area contributed by atoms with E-state index in [2.05, 4.69) is 5.10 Å². The summed E-state index contributed by atoms with van der Waals surface area (Å²) in [6.07, 6.45) is 0. The Hall–Kier alpha value is -2.08. The highest BCUT2D eigenvalue weighted by molar-refractivity contribution is 7.80. The lowest BCUT2D eigenvalue weighted by molar-refractivity contribution is 0.401. The Morgan fingerprint density at radius 3 is 2.63 bits per heavy atom. The maximum Gasteiger partial charge on any atom is 0.217 e. The molecule has 0 aliphatic heterocycles. The van der Waals surface area contributed by atoms with Gasteiger partial charge in [-0.1, -0.05) is 12.2 Å². The van der Waals surface area contributed by atoms with Crippen LogP contribution in [-0.4, -0.2) is 21.9 Å². The van der Waals surface area contributed by atoms with Gasteiger partial charge in [0, 0.05) is 19.2 Å². The number of thiocarbonyl (C=S) groups is 1. The average molecular weight is 277 g/mol. The Bertz CT molecular complexity index is 622. The summed E-state index contributed by atoms with van der Waals surface area (Å²) in [4.78, 5) is 0.275. The van der Waals surface area contributed by atoms with Crippen LogP contribution in [-0.2, 0) is 7.05 Å². The Labute approximate surface area is 116 Å². The quantitative estimate of drug-likeness (QED) is 0.868. The summed E-state index contributed by atoms with van der Waals surface area (Å²) in [7, 11) is 3.40. The minimum absolute atomic E-state index is 0.275. The molecular weight excluding hydrogens is 262 g/mol. The standard InChI is InChI=1S/C13H15N3O2S/c1-8-6-12(16(2)15-8)18-11-7-9(17-3)4-5-10(11)13(14)19/h4-7H,1-3H3,(H2,14,19). The maximum absolute atomic E-state index is 5.82. The molecule has 2 N–H and O–H groups in total. The molecule has 2 rings (SSSR count). The minimum atomic E-state index is 0.275. The molecule has 1 heterocycles. The summed E-state index contributed by atoms with van der Waals surface area (Å²) in [5.41, 5.74) is 7.23. The maximum atomic E-state index is 5.82. The van der Waals surface area contributed by atoms with E-state index in [0.717, 1.165) is 5.69 Å². The molecule has 0 aliphatic carbocycles. The molecule has 0 saturated carbocycles. The van der Waals surface area contributed by atoms with E-state index >= 15 is 0 Å². The minimum Gasteiger partial charge on any atom is -0.497 e. The number of rotatable bonds is 4. The Morgan fingerprint density at radius 1 is 1.37 bits per heavy atom. The molecule has 0 amide bonds. The first kappa shape index (κ1) is 13.4. The Balaban J connectivity index is 2.42. The number of methoxy groups -OCH3 is 1. The van der Waals surface area contributed by atoms with Crippen LogP contribution in [0.3, 0.4) is 0 Å². The molecule has 100 valence electrons. The van der Waals surface area contributed by atoms with Crippen LogP contribution in [0.25, 0.3) is 0 Å². The van der Waals surface area contributed by atoms with Crippen LogP contribution in [0.5, 0.6) is 17.4 Å². The van der Waals surface area contributed by atoms with Gasteiger partial charge < -0.3 is 15.2 Å². The first-order valence-corrected chi connectivity index (χ1v) is 6.08. The summed E-state index contributed by atoms with van der Waals surface area (Å²) < 4.78 is 12.6. The number of ether oxygens (including phenoxy) is 2. The molecule has 5 nitrogen and oxygen atoms in total. The summed E-state index contributed by atoms with van der Waals surface area (Å²) in [6.45, 7) is 1.90. The van der Waals surface area contributed by atoms with Gasteiger partial charge in [-0.05, 0) is 19.1 Å². The normalized spacial score (nSPS) is 10.3. The first-order chi connectivity index (χ1) is 9.01. The molecule has 19 heavy (non-hydrogen) atoms. The van der Waals surface area contributed by atoms with E-state index in [1.165, 1.54) is 0 Å². The highest BCUT2D eigenvalue weighted by atomic mass is 32.1. The predicted molar refractivity (Wildman–Crippen MR) is 76.9 cm³/mol. The largest absolute Gasteiger partial charge is 0.497 e. The second-order valence-corrected chi connectivity index (χ2v) is 4.52. The molecule has 6 heteroatoms. The number of aromatic nitrogens is 2. The molecule has 0 atom stereocenters. The smallest absolute Gasteiger partial charge is 0.217 e. The van der Waals surface area contributed by atoms with Crippen molar-refractivity contribution >= 4 is 17.2 Å². The van der Waals surface area contributed by atoms with E-state index in [9.17, 15) is 0 Å². The second kappa shape index (κ2) is 5.27. The molecule has 0 spiro atoms. The van der Waals surface area contributed by atoms with Crippen molar-refractivity contribution in [3.8, 4) is 17.4 Å². The van der Waals surface area contributed by atoms with E-state index in [1.807, 2.05) is 20.0 Å². The molecule has 2 aromatic rings. The Kier molecular flexibility index (Phi) is 3.71. The fourth-order valence-corrected chi connectivity index (χ4v) is 1.88. The zero-order chi connectivity index (χ0) is 14.0. The van der Waals surface area contributed by atoms with Crippen molar-refractivity contribution in [3.63, 3.8) is 0 Å². The van der Waals surface area contributed by atoms with Crippen LogP contribution in [0, 0.1) is 6.92 Å². The van der Waals surface area contributed by atoms with E-state index in [-0.39, 0.29) is 4.99 Å². The van der Waals surface area contributed by atoms with Crippen LogP contribution < -0.4 is 15.2 Å². The molecule has 1 aromatic heterocycles. The highest BCUT2D eigenvalue weighted by Crippen LogP contribution is 2.29. The van der Waals surface area contributed by atoms with Gasteiger partial charge in [0.1, 0.15) is 16.5 Å². The predicted octanol–water partition coefficient (Wildman–Crippen LogP) is 2.16. The highest BCUT2D eigenvalue weighted by Gasteiger charge is 2.12. The SMILES string of the molecule is COc1ccc(C(N)=S)c(Oc2cc(C)nn2C)c1. The first-order valence-electron chi connectivity index (χ1n) is 5.67. The van der Waals surface area contributed by atoms with Gasteiger partial charge in [0.2, 0.25) is 5.88 Å². The van der Waals surface area contributed by atoms with Crippen LogP contribution >= 0.6 is 12.2 Å². The van der Waals surface area contributed by atoms with Crippen molar-refractivity contribution in [3.05, 3.63) is 35.5 Å². The van der Waals surface area contributed by atoms with Crippen molar-refractivity contribution in [1.29, 1.82) is 0 Å². The summed E-state index contributed by atoms with van der Waals surface area (Å²) in [5, 5.41) is 4.22. The lowest BCUT2D eigenvalue weighted by Crippen LogP contribution is -2.11. The topological polar surface area (TPSA) is 62.3 Å². The van der Waals surface area contributed by atoms with Gasteiger partial charge in [-0.15, -0.1) is 0 Å². The summed E-state index contributed by atoms with van der Waals surface area (Å²) in [6, 6.07) is 7.15. The zero-order valence-corrected chi connectivity index (χ0v) is 11.8. The van der Waals surface area contributed by atoms with Crippen molar-refractivity contribution in [2.24, 2.45) is 12.8 Å². The molecular formula is C13H15N3O2S. The van der Waals surface area contributed by atoms with Crippen LogP contribution in [0.15, 0.2) is 24.3 Å². The number of hydrogen-bond acceptors (Lipinski definition) is 4. The van der Waals surface area contributed by atoms with Crippen LogP contribution in [0.2, 0.25) is 0 Å². The summed E-state index contributed by atoms with van der Waals surface area (Å²) in [5.74, 6) is 1.84. The van der Waals surface area contributed by atoms with Gasteiger partial charge >= 0.3 is 0 Å².